The number of fused-ring (bicyclic) bond motifs is 1. The number of carbonyl (C=O) groups is 1. The average Bonchev–Trinajstić information content (AvgIpc) is 2.68. The molecule has 6 nitrogen and oxygen atoms in total. The fraction of sp³-hybridized carbons (Fsp3) is 0.333. The molecular weight excluding hydrogens is 306 g/mol. The van der Waals surface area contributed by atoms with Crippen molar-refractivity contribution in [1.82, 2.24) is 9.88 Å². The Morgan fingerprint density at radius 1 is 1.00 bits per heavy atom. The number of piperazine rings is 1. The van der Waals surface area contributed by atoms with E-state index in [1.807, 2.05) is 47.4 Å². The maximum atomic E-state index is 12.7. The summed E-state index contributed by atoms with van der Waals surface area (Å²) in [6.45, 7) is 3.13. The number of hydrogen-bond acceptors (Lipinski definition) is 5. The first-order valence-electron chi connectivity index (χ1n) is 8.14. The largest absolute Gasteiger partial charge is 0.485 e. The number of nitrogens with zero attached hydrogens (tertiary/aromatic N) is 3. The van der Waals surface area contributed by atoms with E-state index in [0.29, 0.717) is 24.6 Å². The molecule has 1 aromatic heterocycles. The fourth-order valence-electron chi connectivity index (χ4n) is 3.04. The van der Waals surface area contributed by atoms with Gasteiger partial charge in [0.25, 0.3) is 5.91 Å². The number of para-hydroxylation sites is 2. The van der Waals surface area contributed by atoms with Crippen molar-refractivity contribution in [2.24, 2.45) is 0 Å². The van der Waals surface area contributed by atoms with E-state index in [1.54, 1.807) is 6.20 Å². The molecule has 2 aliphatic heterocycles. The molecule has 24 heavy (non-hydrogen) atoms. The van der Waals surface area contributed by atoms with Gasteiger partial charge >= 0.3 is 0 Å². The van der Waals surface area contributed by atoms with Gasteiger partial charge in [0.15, 0.2) is 11.5 Å². The maximum absolute atomic E-state index is 12.7. The van der Waals surface area contributed by atoms with Gasteiger partial charge in [-0.25, -0.2) is 4.98 Å². The van der Waals surface area contributed by atoms with E-state index in [0.717, 1.165) is 18.9 Å². The SMILES string of the molecule is O=C([C@H]1COc2ccccc2O1)N1CCN(c2ccccn2)CC1. The summed E-state index contributed by atoms with van der Waals surface area (Å²) < 4.78 is 11.5. The Labute approximate surface area is 140 Å². The van der Waals surface area contributed by atoms with Crippen molar-refractivity contribution in [3.63, 3.8) is 0 Å². The van der Waals surface area contributed by atoms with Crippen LogP contribution in [0.4, 0.5) is 5.82 Å². The number of aromatic nitrogens is 1. The van der Waals surface area contributed by atoms with Crippen LogP contribution in [0.1, 0.15) is 0 Å². The second-order valence-electron chi connectivity index (χ2n) is 5.86. The minimum atomic E-state index is -0.568. The van der Waals surface area contributed by atoms with Crippen LogP contribution in [0.25, 0.3) is 0 Å². The van der Waals surface area contributed by atoms with Crippen molar-refractivity contribution < 1.29 is 14.3 Å². The Hall–Kier alpha value is -2.76. The highest BCUT2D eigenvalue weighted by molar-refractivity contribution is 5.82. The molecule has 0 saturated carbocycles. The number of pyridine rings is 1. The first kappa shape index (κ1) is 14.8. The van der Waals surface area contributed by atoms with Crippen LogP contribution in [0.15, 0.2) is 48.7 Å². The summed E-state index contributed by atoms with van der Waals surface area (Å²) in [5, 5.41) is 0. The molecule has 2 aromatic rings. The first-order valence-corrected chi connectivity index (χ1v) is 8.14. The van der Waals surface area contributed by atoms with E-state index < -0.39 is 6.10 Å². The zero-order valence-corrected chi connectivity index (χ0v) is 13.3. The Bertz CT molecular complexity index is 714. The first-order chi connectivity index (χ1) is 11.8. The lowest BCUT2D eigenvalue weighted by Gasteiger charge is -2.37. The molecule has 1 saturated heterocycles. The summed E-state index contributed by atoms with van der Waals surface area (Å²) in [5.74, 6) is 2.27. The lowest BCUT2D eigenvalue weighted by molar-refractivity contribution is -0.141. The molecule has 1 fully saturated rings. The summed E-state index contributed by atoms with van der Waals surface area (Å²) in [7, 11) is 0. The van der Waals surface area contributed by atoms with Gasteiger partial charge in [-0.15, -0.1) is 0 Å². The molecule has 6 heteroatoms. The molecule has 0 N–H and O–H groups in total. The van der Waals surface area contributed by atoms with Crippen LogP contribution in [0, 0.1) is 0 Å². The molecule has 0 radical (unpaired) electrons. The Morgan fingerprint density at radius 2 is 1.75 bits per heavy atom. The molecule has 124 valence electrons. The minimum absolute atomic E-state index is 0.00910. The topological polar surface area (TPSA) is 54.9 Å². The fourth-order valence-corrected chi connectivity index (χ4v) is 3.04. The minimum Gasteiger partial charge on any atom is -0.485 e. The average molecular weight is 325 g/mol. The predicted octanol–water partition coefficient (Wildman–Crippen LogP) is 1.57. The van der Waals surface area contributed by atoms with E-state index >= 15 is 0 Å². The van der Waals surface area contributed by atoms with Crippen molar-refractivity contribution in [3.05, 3.63) is 48.7 Å². The second kappa shape index (κ2) is 6.39. The van der Waals surface area contributed by atoms with Crippen LogP contribution in [0.2, 0.25) is 0 Å². The molecule has 1 atom stereocenters. The Morgan fingerprint density at radius 3 is 2.50 bits per heavy atom. The number of amides is 1. The highest BCUT2D eigenvalue weighted by atomic mass is 16.6. The third kappa shape index (κ3) is 2.87. The van der Waals surface area contributed by atoms with Gasteiger partial charge in [0.2, 0.25) is 6.10 Å². The molecular formula is C18H19N3O3. The van der Waals surface area contributed by atoms with Gasteiger partial charge in [0, 0.05) is 32.4 Å². The van der Waals surface area contributed by atoms with Crippen LogP contribution in [-0.4, -0.2) is 54.7 Å². The number of hydrogen-bond donors (Lipinski definition) is 0. The van der Waals surface area contributed by atoms with Gasteiger partial charge in [-0.2, -0.15) is 0 Å². The van der Waals surface area contributed by atoms with Crippen molar-refractivity contribution in [2.75, 3.05) is 37.7 Å². The highest BCUT2D eigenvalue weighted by Crippen LogP contribution is 2.31. The van der Waals surface area contributed by atoms with E-state index in [1.165, 1.54) is 0 Å². The molecule has 4 rings (SSSR count). The Balaban J connectivity index is 1.37. The van der Waals surface area contributed by atoms with Crippen molar-refractivity contribution in [3.8, 4) is 11.5 Å². The summed E-state index contributed by atoms with van der Waals surface area (Å²) in [5.41, 5.74) is 0. The predicted molar refractivity (Wildman–Crippen MR) is 89.4 cm³/mol. The molecule has 0 bridgehead atoms. The molecule has 3 heterocycles. The number of carbonyl (C=O) groups excluding carboxylic acids is 1. The zero-order valence-electron chi connectivity index (χ0n) is 13.3. The van der Waals surface area contributed by atoms with Gasteiger partial charge in [-0.3, -0.25) is 4.79 Å². The second-order valence-corrected chi connectivity index (χ2v) is 5.86. The van der Waals surface area contributed by atoms with Crippen molar-refractivity contribution in [2.45, 2.75) is 6.10 Å². The highest BCUT2D eigenvalue weighted by Gasteiger charge is 2.32. The van der Waals surface area contributed by atoms with Crippen LogP contribution in [0.3, 0.4) is 0 Å². The van der Waals surface area contributed by atoms with Crippen LogP contribution in [-0.2, 0) is 4.79 Å². The number of benzene rings is 1. The number of ether oxygens (including phenoxy) is 2. The molecule has 2 aliphatic rings. The summed E-state index contributed by atoms with van der Waals surface area (Å²) in [6, 6.07) is 13.3. The summed E-state index contributed by atoms with van der Waals surface area (Å²) in [4.78, 5) is 21.1. The third-order valence-corrected chi connectivity index (χ3v) is 4.35. The van der Waals surface area contributed by atoms with E-state index in [2.05, 4.69) is 9.88 Å². The molecule has 0 unspecified atom stereocenters. The number of rotatable bonds is 2. The van der Waals surface area contributed by atoms with Crippen LogP contribution >= 0.6 is 0 Å². The normalized spacial score (nSPS) is 19.9. The quantitative estimate of drug-likeness (QED) is 0.839. The van der Waals surface area contributed by atoms with Gasteiger partial charge in [0.1, 0.15) is 12.4 Å². The lowest BCUT2D eigenvalue weighted by atomic mass is 10.2. The molecule has 0 aliphatic carbocycles. The maximum Gasteiger partial charge on any atom is 0.267 e. The van der Waals surface area contributed by atoms with Gasteiger partial charge < -0.3 is 19.3 Å². The smallest absolute Gasteiger partial charge is 0.267 e. The van der Waals surface area contributed by atoms with Crippen molar-refractivity contribution in [1.29, 1.82) is 0 Å². The number of anilines is 1. The lowest BCUT2D eigenvalue weighted by Crippen LogP contribution is -2.54. The van der Waals surface area contributed by atoms with Gasteiger partial charge in [0.05, 0.1) is 0 Å². The van der Waals surface area contributed by atoms with Crippen LogP contribution in [0.5, 0.6) is 11.5 Å². The monoisotopic (exact) mass is 325 g/mol. The molecule has 1 aromatic carbocycles. The van der Waals surface area contributed by atoms with E-state index in [-0.39, 0.29) is 12.5 Å². The summed E-state index contributed by atoms with van der Waals surface area (Å²) >= 11 is 0. The summed E-state index contributed by atoms with van der Waals surface area (Å²) in [6.07, 6.45) is 1.22. The van der Waals surface area contributed by atoms with E-state index in [4.69, 9.17) is 9.47 Å². The standard InChI is InChI=1S/C18H19N3O3/c22-18(16-13-23-14-5-1-2-6-15(14)24-16)21-11-9-20(10-12-21)17-7-3-4-8-19-17/h1-8,16H,9-13H2/t16-/m1/s1. The van der Waals surface area contributed by atoms with Crippen LogP contribution < -0.4 is 14.4 Å². The van der Waals surface area contributed by atoms with Gasteiger partial charge in [-0.1, -0.05) is 18.2 Å². The Kier molecular flexibility index (Phi) is 3.94. The molecule has 0 spiro atoms. The zero-order chi connectivity index (χ0) is 16.4. The van der Waals surface area contributed by atoms with E-state index in [9.17, 15) is 4.79 Å². The third-order valence-electron chi connectivity index (χ3n) is 4.35. The van der Waals surface area contributed by atoms with Gasteiger partial charge in [-0.05, 0) is 24.3 Å². The molecule has 1 amide bonds. The van der Waals surface area contributed by atoms with Crippen molar-refractivity contribution >= 4 is 11.7 Å².